The van der Waals surface area contributed by atoms with Gasteiger partial charge in [0.2, 0.25) is 5.91 Å². The van der Waals surface area contributed by atoms with Gasteiger partial charge in [0.15, 0.2) is 0 Å². The predicted molar refractivity (Wildman–Crippen MR) is 105 cm³/mol. The number of amides is 3. The Hall–Kier alpha value is -2.95. The molecule has 1 aliphatic rings. The lowest BCUT2D eigenvalue weighted by molar-refractivity contribution is -0.116. The lowest BCUT2D eigenvalue weighted by Gasteiger charge is -2.13. The van der Waals surface area contributed by atoms with Crippen LogP contribution in [0.1, 0.15) is 58.9 Å². The Kier molecular flexibility index (Phi) is 6.01. The SMILES string of the molecule is CCc1ccc(NC(=O)CCCCCN2C(=O)c3ccccc3C2=O)cc1. The van der Waals surface area contributed by atoms with Gasteiger partial charge in [-0.25, -0.2) is 0 Å². The Morgan fingerprint density at radius 3 is 2.11 bits per heavy atom. The van der Waals surface area contributed by atoms with E-state index in [9.17, 15) is 14.4 Å². The molecule has 1 heterocycles. The van der Waals surface area contributed by atoms with Gasteiger partial charge in [-0.1, -0.05) is 37.6 Å². The van der Waals surface area contributed by atoms with Gasteiger partial charge in [0.05, 0.1) is 11.1 Å². The first kappa shape index (κ1) is 18.8. The molecule has 27 heavy (non-hydrogen) atoms. The van der Waals surface area contributed by atoms with Crippen LogP contribution >= 0.6 is 0 Å². The number of rotatable bonds is 8. The summed E-state index contributed by atoms with van der Waals surface area (Å²) in [5.41, 5.74) is 3.01. The fraction of sp³-hybridized carbons (Fsp3) is 0.318. The molecule has 5 heteroatoms. The second-order valence-electron chi connectivity index (χ2n) is 6.72. The Labute approximate surface area is 159 Å². The summed E-state index contributed by atoms with van der Waals surface area (Å²) >= 11 is 0. The van der Waals surface area contributed by atoms with Gasteiger partial charge in [-0.05, 0) is 49.1 Å². The number of hydrogen-bond acceptors (Lipinski definition) is 3. The summed E-state index contributed by atoms with van der Waals surface area (Å²) in [5.74, 6) is -0.451. The van der Waals surface area contributed by atoms with Crippen molar-refractivity contribution in [3.63, 3.8) is 0 Å². The van der Waals surface area contributed by atoms with Crippen LogP contribution in [0, 0.1) is 0 Å². The van der Waals surface area contributed by atoms with E-state index >= 15 is 0 Å². The molecule has 0 radical (unpaired) electrons. The minimum atomic E-state index is -0.219. The van der Waals surface area contributed by atoms with Crippen molar-refractivity contribution in [3.05, 3.63) is 65.2 Å². The van der Waals surface area contributed by atoms with E-state index in [0.29, 0.717) is 30.5 Å². The van der Waals surface area contributed by atoms with Crippen LogP contribution in [-0.4, -0.2) is 29.2 Å². The van der Waals surface area contributed by atoms with Crippen LogP contribution in [0.5, 0.6) is 0 Å². The molecule has 1 N–H and O–H groups in total. The Bertz CT molecular complexity index is 808. The second kappa shape index (κ2) is 8.62. The average molecular weight is 364 g/mol. The zero-order chi connectivity index (χ0) is 19.2. The average Bonchev–Trinajstić information content (AvgIpc) is 2.93. The lowest BCUT2D eigenvalue weighted by atomic mass is 10.1. The minimum absolute atomic E-state index is 0.0139. The van der Waals surface area contributed by atoms with Crippen molar-refractivity contribution >= 4 is 23.4 Å². The van der Waals surface area contributed by atoms with Crippen LogP contribution in [0.4, 0.5) is 5.69 Å². The summed E-state index contributed by atoms with van der Waals surface area (Å²) < 4.78 is 0. The largest absolute Gasteiger partial charge is 0.326 e. The molecule has 3 rings (SSSR count). The fourth-order valence-electron chi connectivity index (χ4n) is 3.22. The standard InChI is InChI=1S/C22H24N2O3/c1-2-16-11-13-17(14-12-16)23-20(25)10-4-3-7-15-24-21(26)18-8-5-6-9-19(18)22(24)27/h5-6,8-9,11-14H,2-4,7,10,15H2,1H3,(H,23,25). The van der Waals surface area contributed by atoms with Crippen molar-refractivity contribution in [1.29, 1.82) is 0 Å². The third-order valence-corrected chi connectivity index (χ3v) is 4.81. The summed E-state index contributed by atoms with van der Waals surface area (Å²) in [6, 6.07) is 14.8. The van der Waals surface area contributed by atoms with Gasteiger partial charge in [-0.2, -0.15) is 0 Å². The molecule has 3 amide bonds. The van der Waals surface area contributed by atoms with Crippen molar-refractivity contribution in [2.24, 2.45) is 0 Å². The van der Waals surface area contributed by atoms with Crippen molar-refractivity contribution in [3.8, 4) is 0 Å². The van der Waals surface area contributed by atoms with E-state index in [1.165, 1.54) is 10.5 Å². The number of aryl methyl sites for hydroxylation is 1. The monoisotopic (exact) mass is 364 g/mol. The zero-order valence-electron chi connectivity index (χ0n) is 15.5. The molecular formula is C22H24N2O3. The third kappa shape index (κ3) is 4.42. The lowest BCUT2D eigenvalue weighted by Crippen LogP contribution is -2.30. The van der Waals surface area contributed by atoms with Crippen LogP contribution < -0.4 is 5.32 Å². The highest BCUT2D eigenvalue weighted by Crippen LogP contribution is 2.22. The number of unbranched alkanes of at least 4 members (excludes halogenated alkanes) is 2. The number of hydrogen-bond donors (Lipinski definition) is 1. The molecule has 2 aromatic carbocycles. The number of fused-ring (bicyclic) bond motifs is 1. The van der Waals surface area contributed by atoms with Gasteiger partial charge < -0.3 is 5.32 Å². The summed E-state index contributed by atoms with van der Waals surface area (Å²) in [6.07, 6.45) is 3.61. The molecule has 0 aromatic heterocycles. The number of nitrogens with zero attached hydrogens (tertiary/aromatic N) is 1. The summed E-state index contributed by atoms with van der Waals surface area (Å²) in [7, 11) is 0. The van der Waals surface area contributed by atoms with E-state index in [1.807, 2.05) is 24.3 Å². The Morgan fingerprint density at radius 1 is 0.889 bits per heavy atom. The molecule has 0 spiro atoms. The van der Waals surface area contributed by atoms with Gasteiger partial charge >= 0.3 is 0 Å². The molecule has 0 saturated carbocycles. The highest BCUT2D eigenvalue weighted by Gasteiger charge is 2.34. The third-order valence-electron chi connectivity index (χ3n) is 4.81. The molecule has 140 valence electrons. The maximum absolute atomic E-state index is 12.3. The van der Waals surface area contributed by atoms with Crippen molar-refractivity contribution in [2.45, 2.75) is 39.0 Å². The number of benzene rings is 2. The number of carbonyl (C=O) groups is 3. The molecule has 0 fully saturated rings. The van der Waals surface area contributed by atoms with E-state index in [1.54, 1.807) is 24.3 Å². The van der Waals surface area contributed by atoms with Gasteiger partial charge in [-0.15, -0.1) is 0 Å². The molecule has 0 atom stereocenters. The molecule has 0 saturated heterocycles. The summed E-state index contributed by atoms with van der Waals surface area (Å²) in [5, 5.41) is 2.89. The van der Waals surface area contributed by atoms with E-state index < -0.39 is 0 Å². The minimum Gasteiger partial charge on any atom is -0.326 e. The first-order valence-corrected chi connectivity index (χ1v) is 9.44. The normalized spacial score (nSPS) is 13.0. The highest BCUT2D eigenvalue weighted by atomic mass is 16.2. The van der Waals surface area contributed by atoms with Crippen molar-refractivity contribution in [1.82, 2.24) is 4.90 Å². The van der Waals surface area contributed by atoms with Gasteiger partial charge in [0.1, 0.15) is 0 Å². The molecule has 0 bridgehead atoms. The topological polar surface area (TPSA) is 66.5 Å². The van der Waals surface area contributed by atoms with Crippen LogP contribution in [0.25, 0.3) is 0 Å². The van der Waals surface area contributed by atoms with Crippen LogP contribution in [0.3, 0.4) is 0 Å². The smallest absolute Gasteiger partial charge is 0.261 e. The van der Waals surface area contributed by atoms with Crippen molar-refractivity contribution < 1.29 is 14.4 Å². The number of carbonyl (C=O) groups excluding carboxylic acids is 3. The Balaban J connectivity index is 1.38. The summed E-state index contributed by atoms with van der Waals surface area (Å²) in [6.45, 7) is 2.49. The van der Waals surface area contributed by atoms with E-state index in [0.717, 1.165) is 24.9 Å². The van der Waals surface area contributed by atoms with E-state index in [-0.39, 0.29) is 17.7 Å². The van der Waals surface area contributed by atoms with E-state index in [2.05, 4.69) is 12.2 Å². The number of imide groups is 1. The maximum Gasteiger partial charge on any atom is 0.261 e. The quantitative estimate of drug-likeness (QED) is 0.568. The first-order chi connectivity index (χ1) is 13.1. The predicted octanol–water partition coefficient (Wildman–Crippen LogP) is 4.04. The van der Waals surface area contributed by atoms with E-state index in [4.69, 9.17) is 0 Å². The molecule has 5 nitrogen and oxygen atoms in total. The molecular weight excluding hydrogens is 340 g/mol. The van der Waals surface area contributed by atoms with Crippen LogP contribution in [0.2, 0.25) is 0 Å². The van der Waals surface area contributed by atoms with Crippen molar-refractivity contribution in [2.75, 3.05) is 11.9 Å². The molecule has 1 aliphatic heterocycles. The van der Waals surface area contributed by atoms with Gasteiger partial charge in [0, 0.05) is 18.7 Å². The highest BCUT2D eigenvalue weighted by molar-refractivity contribution is 6.21. The van der Waals surface area contributed by atoms with Gasteiger partial charge in [0.25, 0.3) is 11.8 Å². The number of nitrogens with one attached hydrogen (secondary N) is 1. The molecule has 0 aliphatic carbocycles. The van der Waals surface area contributed by atoms with Crippen LogP contribution in [0.15, 0.2) is 48.5 Å². The number of anilines is 1. The fourth-order valence-corrected chi connectivity index (χ4v) is 3.22. The second-order valence-corrected chi connectivity index (χ2v) is 6.72. The molecule has 2 aromatic rings. The first-order valence-electron chi connectivity index (χ1n) is 9.44. The zero-order valence-corrected chi connectivity index (χ0v) is 15.5. The molecule has 0 unspecified atom stereocenters. The van der Waals surface area contributed by atoms with Gasteiger partial charge in [-0.3, -0.25) is 19.3 Å². The maximum atomic E-state index is 12.3. The van der Waals surface area contributed by atoms with Crippen LogP contribution in [-0.2, 0) is 11.2 Å². The summed E-state index contributed by atoms with van der Waals surface area (Å²) in [4.78, 5) is 37.9. The Morgan fingerprint density at radius 2 is 1.52 bits per heavy atom.